The van der Waals surface area contributed by atoms with Crippen LogP contribution in [0.3, 0.4) is 0 Å². The van der Waals surface area contributed by atoms with Gasteiger partial charge in [-0.1, -0.05) is 0 Å². The lowest BCUT2D eigenvalue weighted by Crippen LogP contribution is -2.23. The van der Waals surface area contributed by atoms with Crippen molar-refractivity contribution in [1.82, 2.24) is 9.89 Å². The van der Waals surface area contributed by atoms with Gasteiger partial charge in [-0.15, -0.1) is 0 Å². The minimum absolute atomic E-state index is 0.0466. The fourth-order valence-electron chi connectivity index (χ4n) is 0.798. The molecule has 0 aliphatic carbocycles. The van der Waals surface area contributed by atoms with Crippen LogP contribution in [0.2, 0.25) is 0 Å². The molecule has 14 heavy (non-hydrogen) atoms. The van der Waals surface area contributed by atoms with Crippen LogP contribution in [0.1, 0.15) is 6.42 Å². The SMILES string of the molecule is COC(=C=O)CC(=O)Nn1cccn1. The predicted molar refractivity (Wildman–Crippen MR) is 47.4 cm³/mol. The molecule has 0 spiro atoms. The number of nitrogens with zero attached hydrogens (tertiary/aromatic N) is 2. The molecule has 0 bridgehead atoms. The molecule has 0 atom stereocenters. The van der Waals surface area contributed by atoms with Gasteiger partial charge in [0.2, 0.25) is 5.91 Å². The first-order valence-corrected chi connectivity index (χ1v) is 3.83. The van der Waals surface area contributed by atoms with Crippen LogP contribution in [0, 0.1) is 0 Å². The van der Waals surface area contributed by atoms with E-state index in [9.17, 15) is 9.59 Å². The number of amides is 1. The van der Waals surface area contributed by atoms with Gasteiger partial charge >= 0.3 is 0 Å². The summed E-state index contributed by atoms with van der Waals surface area (Å²) >= 11 is 0. The molecular formula is C8H9N3O3. The topological polar surface area (TPSA) is 73.2 Å². The minimum Gasteiger partial charge on any atom is -0.489 e. The van der Waals surface area contributed by atoms with Crippen LogP contribution in [-0.2, 0) is 14.3 Å². The Kier molecular flexibility index (Phi) is 3.46. The quantitative estimate of drug-likeness (QED) is 0.529. The van der Waals surface area contributed by atoms with E-state index in [-0.39, 0.29) is 12.2 Å². The van der Waals surface area contributed by atoms with E-state index >= 15 is 0 Å². The fourth-order valence-corrected chi connectivity index (χ4v) is 0.798. The Morgan fingerprint density at radius 3 is 3.00 bits per heavy atom. The number of carbonyl (C=O) groups is 1. The second kappa shape index (κ2) is 4.84. The first-order chi connectivity index (χ1) is 6.76. The van der Waals surface area contributed by atoms with Gasteiger partial charge in [0.25, 0.3) is 0 Å². The zero-order valence-electron chi connectivity index (χ0n) is 7.56. The van der Waals surface area contributed by atoms with Crippen molar-refractivity contribution in [1.29, 1.82) is 0 Å². The average molecular weight is 195 g/mol. The molecule has 0 saturated carbocycles. The molecule has 6 heteroatoms. The second-order valence-electron chi connectivity index (χ2n) is 2.39. The predicted octanol–water partition coefficient (Wildman–Crippen LogP) is -0.295. The van der Waals surface area contributed by atoms with E-state index in [0.29, 0.717) is 0 Å². The maximum absolute atomic E-state index is 11.2. The largest absolute Gasteiger partial charge is 0.489 e. The molecular weight excluding hydrogens is 186 g/mol. The van der Waals surface area contributed by atoms with Crippen molar-refractivity contribution in [3.63, 3.8) is 0 Å². The summed E-state index contributed by atoms with van der Waals surface area (Å²) in [7, 11) is 1.31. The summed E-state index contributed by atoms with van der Waals surface area (Å²) in [5, 5.41) is 3.75. The van der Waals surface area contributed by atoms with Crippen LogP contribution < -0.4 is 5.43 Å². The van der Waals surface area contributed by atoms with E-state index < -0.39 is 5.91 Å². The first kappa shape index (κ1) is 10.0. The van der Waals surface area contributed by atoms with Crippen molar-refractivity contribution in [2.75, 3.05) is 12.5 Å². The zero-order chi connectivity index (χ0) is 10.4. The highest BCUT2D eigenvalue weighted by Crippen LogP contribution is 1.96. The number of methoxy groups -OCH3 is 1. The lowest BCUT2D eigenvalue weighted by Gasteiger charge is -2.04. The third-order valence-electron chi connectivity index (χ3n) is 1.43. The Labute approximate surface area is 80.1 Å². The highest BCUT2D eigenvalue weighted by atomic mass is 16.5. The molecule has 0 aliphatic heterocycles. The van der Waals surface area contributed by atoms with Crippen LogP contribution in [0.5, 0.6) is 0 Å². The number of hydrogen-bond donors (Lipinski definition) is 1. The molecule has 1 amide bonds. The van der Waals surface area contributed by atoms with E-state index in [1.807, 2.05) is 0 Å². The third kappa shape index (κ3) is 2.76. The molecule has 1 aromatic rings. The minimum atomic E-state index is -0.395. The summed E-state index contributed by atoms with van der Waals surface area (Å²) in [5.41, 5.74) is 2.41. The maximum Gasteiger partial charge on any atom is 0.248 e. The average Bonchev–Trinajstić information content (AvgIpc) is 2.66. The molecule has 74 valence electrons. The van der Waals surface area contributed by atoms with Gasteiger partial charge in [-0.3, -0.25) is 4.79 Å². The van der Waals surface area contributed by atoms with E-state index in [1.54, 1.807) is 12.3 Å². The molecule has 0 aromatic carbocycles. The Bertz CT molecular complexity index is 352. The summed E-state index contributed by atoms with van der Waals surface area (Å²) in [4.78, 5) is 22.6. The molecule has 0 radical (unpaired) electrons. The van der Waals surface area contributed by atoms with Crippen molar-refractivity contribution < 1.29 is 14.3 Å². The second-order valence-corrected chi connectivity index (χ2v) is 2.39. The van der Waals surface area contributed by atoms with Crippen molar-refractivity contribution >= 4 is 11.8 Å². The molecule has 1 aromatic heterocycles. The molecule has 0 saturated heterocycles. The number of ether oxygens (including phenoxy) is 1. The van der Waals surface area contributed by atoms with Crippen molar-refractivity contribution in [3.8, 4) is 0 Å². The number of rotatable bonds is 4. The zero-order valence-corrected chi connectivity index (χ0v) is 7.56. The molecule has 1 rings (SSSR count). The fraction of sp³-hybridized carbons (Fsp3) is 0.250. The van der Waals surface area contributed by atoms with Gasteiger partial charge in [0.15, 0.2) is 11.7 Å². The maximum atomic E-state index is 11.2. The Hall–Kier alpha value is -2.07. The normalized spacial score (nSPS) is 8.93. The highest BCUT2D eigenvalue weighted by Gasteiger charge is 2.06. The van der Waals surface area contributed by atoms with E-state index in [2.05, 4.69) is 15.3 Å². The standard InChI is InChI=1S/C8H9N3O3/c1-14-7(6-12)5-8(13)10-11-4-2-3-9-11/h2-4H,5H2,1H3,(H,10,13). The monoisotopic (exact) mass is 195 g/mol. The van der Waals surface area contributed by atoms with Gasteiger partial charge in [0.1, 0.15) is 0 Å². The lowest BCUT2D eigenvalue weighted by molar-refractivity contribution is -0.117. The van der Waals surface area contributed by atoms with Gasteiger partial charge in [0.05, 0.1) is 19.7 Å². The molecule has 6 nitrogen and oxygen atoms in total. The summed E-state index contributed by atoms with van der Waals surface area (Å²) in [6.07, 6.45) is 2.93. The van der Waals surface area contributed by atoms with Crippen LogP contribution in [0.25, 0.3) is 0 Å². The number of carbonyl (C=O) groups excluding carboxylic acids is 2. The van der Waals surface area contributed by atoms with Crippen LogP contribution in [0.15, 0.2) is 24.2 Å². The third-order valence-corrected chi connectivity index (χ3v) is 1.43. The lowest BCUT2D eigenvalue weighted by atomic mass is 10.4. The van der Waals surface area contributed by atoms with E-state index in [0.717, 1.165) is 0 Å². The molecule has 1 heterocycles. The molecule has 0 unspecified atom stereocenters. The Morgan fingerprint density at radius 1 is 1.71 bits per heavy atom. The van der Waals surface area contributed by atoms with Gasteiger partial charge in [-0.05, 0) is 6.07 Å². The van der Waals surface area contributed by atoms with Gasteiger partial charge < -0.3 is 4.74 Å². The summed E-state index contributed by atoms with van der Waals surface area (Å²) in [5.74, 6) is 1.08. The van der Waals surface area contributed by atoms with Crippen LogP contribution in [0.4, 0.5) is 0 Å². The number of aromatic nitrogens is 2. The van der Waals surface area contributed by atoms with Crippen LogP contribution in [-0.4, -0.2) is 28.8 Å². The van der Waals surface area contributed by atoms with Gasteiger partial charge in [-0.2, -0.15) is 9.89 Å². The highest BCUT2D eigenvalue weighted by molar-refractivity contribution is 5.86. The van der Waals surface area contributed by atoms with Crippen LogP contribution >= 0.6 is 0 Å². The van der Waals surface area contributed by atoms with Gasteiger partial charge in [-0.25, -0.2) is 10.2 Å². The molecule has 1 N–H and O–H groups in total. The van der Waals surface area contributed by atoms with Crippen molar-refractivity contribution in [2.24, 2.45) is 0 Å². The summed E-state index contributed by atoms with van der Waals surface area (Å²) in [6.45, 7) is 0. The number of nitrogens with one attached hydrogen (secondary N) is 1. The summed E-state index contributed by atoms with van der Waals surface area (Å²) < 4.78 is 4.59. The summed E-state index contributed by atoms with van der Waals surface area (Å²) in [6, 6.07) is 1.66. The van der Waals surface area contributed by atoms with E-state index in [4.69, 9.17) is 0 Å². The van der Waals surface area contributed by atoms with Crippen molar-refractivity contribution in [3.05, 3.63) is 24.2 Å². The van der Waals surface area contributed by atoms with Crippen molar-refractivity contribution in [2.45, 2.75) is 6.42 Å². The Morgan fingerprint density at radius 2 is 2.50 bits per heavy atom. The smallest absolute Gasteiger partial charge is 0.248 e. The molecule has 0 fully saturated rings. The first-order valence-electron chi connectivity index (χ1n) is 3.83. The van der Waals surface area contributed by atoms with E-state index in [1.165, 1.54) is 24.0 Å². The number of hydrogen-bond acceptors (Lipinski definition) is 4. The van der Waals surface area contributed by atoms with Gasteiger partial charge in [0, 0.05) is 6.20 Å². The molecule has 0 aliphatic rings. The Balaban J connectivity index is 2.48.